The van der Waals surface area contributed by atoms with Gasteiger partial charge in [-0.15, -0.1) is 0 Å². The van der Waals surface area contributed by atoms with Gasteiger partial charge in [0.05, 0.1) is 0 Å². The van der Waals surface area contributed by atoms with Crippen molar-refractivity contribution in [3.8, 4) is 5.75 Å². The number of piperazine rings is 1. The molecule has 1 aliphatic rings. The minimum Gasteiger partial charge on any atom is -0.480 e. The van der Waals surface area contributed by atoms with Gasteiger partial charge in [0, 0.05) is 37.3 Å². The average Bonchev–Trinajstić information content (AvgIpc) is 2.74. The molecule has 3 aromatic carbocycles. The molecule has 1 aliphatic heterocycles. The first-order chi connectivity index (χ1) is 13.6. The molecule has 0 N–H and O–H groups in total. The largest absolute Gasteiger partial charge is 0.480 e. The normalized spacial score (nSPS) is 15.5. The van der Waals surface area contributed by atoms with Crippen LogP contribution < -0.4 is 9.64 Å². The van der Waals surface area contributed by atoms with Crippen LogP contribution in [0.3, 0.4) is 0 Å². The van der Waals surface area contributed by atoms with Crippen molar-refractivity contribution < 1.29 is 13.9 Å². The summed E-state index contributed by atoms with van der Waals surface area (Å²) in [4.78, 5) is 16.9. The third kappa shape index (κ3) is 3.79. The van der Waals surface area contributed by atoms with E-state index in [4.69, 9.17) is 4.74 Å². The Morgan fingerprint density at radius 2 is 1.61 bits per heavy atom. The Hall–Kier alpha value is -3.08. The van der Waals surface area contributed by atoms with Crippen LogP contribution in [0.5, 0.6) is 5.75 Å². The number of hydrogen-bond acceptors (Lipinski definition) is 3. The summed E-state index contributed by atoms with van der Waals surface area (Å²) in [6, 6.07) is 20.3. The summed E-state index contributed by atoms with van der Waals surface area (Å²) in [5.41, 5.74) is 0.980. The van der Waals surface area contributed by atoms with Crippen LogP contribution >= 0.6 is 0 Å². The Labute approximate surface area is 164 Å². The van der Waals surface area contributed by atoms with E-state index in [0.29, 0.717) is 13.1 Å². The van der Waals surface area contributed by atoms with Gasteiger partial charge in [-0.3, -0.25) is 4.79 Å². The van der Waals surface area contributed by atoms with E-state index < -0.39 is 6.10 Å². The number of benzene rings is 3. The van der Waals surface area contributed by atoms with Crippen molar-refractivity contribution >= 4 is 22.4 Å². The van der Waals surface area contributed by atoms with Gasteiger partial charge < -0.3 is 14.5 Å². The molecule has 0 bridgehead atoms. The van der Waals surface area contributed by atoms with Gasteiger partial charge in [0.15, 0.2) is 6.10 Å². The minimum absolute atomic E-state index is 0.00769. The van der Waals surface area contributed by atoms with Crippen molar-refractivity contribution in [2.75, 3.05) is 31.1 Å². The zero-order valence-electron chi connectivity index (χ0n) is 15.8. The van der Waals surface area contributed by atoms with Crippen molar-refractivity contribution in [2.24, 2.45) is 0 Å². The van der Waals surface area contributed by atoms with Crippen LogP contribution in [0, 0.1) is 5.82 Å². The van der Waals surface area contributed by atoms with E-state index in [-0.39, 0.29) is 11.7 Å². The molecule has 4 rings (SSSR count). The number of carbonyl (C=O) groups is 1. The zero-order valence-corrected chi connectivity index (χ0v) is 15.8. The van der Waals surface area contributed by atoms with E-state index in [1.807, 2.05) is 47.4 Å². The summed E-state index contributed by atoms with van der Waals surface area (Å²) >= 11 is 0. The fourth-order valence-electron chi connectivity index (χ4n) is 3.63. The first-order valence-corrected chi connectivity index (χ1v) is 9.55. The number of halogens is 1. The summed E-state index contributed by atoms with van der Waals surface area (Å²) in [7, 11) is 0. The van der Waals surface area contributed by atoms with Gasteiger partial charge in [0.25, 0.3) is 5.91 Å². The van der Waals surface area contributed by atoms with Crippen LogP contribution in [-0.2, 0) is 4.79 Å². The minimum atomic E-state index is -0.553. The highest BCUT2D eigenvalue weighted by Crippen LogP contribution is 2.26. The number of fused-ring (bicyclic) bond motifs is 1. The molecular formula is C23H23FN2O2. The third-order valence-electron chi connectivity index (χ3n) is 5.18. The third-order valence-corrected chi connectivity index (χ3v) is 5.18. The molecule has 1 atom stereocenters. The predicted molar refractivity (Wildman–Crippen MR) is 109 cm³/mol. The van der Waals surface area contributed by atoms with Crippen LogP contribution in [0.2, 0.25) is 0 Å². The van der Waals surface area contributed by atoms with Crippen molar-refractivity contribution in [1.29, 1.82) is 0 Å². The smallest absolute Gasteiger partial charge is 0.263 e. The first-order valence-electron chi connectivity index (χ1n) is 9.55. The Morgan fingerprint density at radius 1 is 0.929 bits per heavy atom. The summed E-state index contributed by atoms with van der Waals surface area (Å²) in [6.07, 6.45) is -0.553. The van der Waals surface area contributed by atoms with Crippen molar-refractivity contribution in [3.63, 3.8) is 0 Å². The van der Waals surface area contributed by atoms with Crippen LogP contribution in [0.25, 0.3) is 10.8 Å². The van der Waals surface area contributed by atoms with E-state index in [2.05, 4.69) is 4.90 Å². The Morgan fingerprint density at radius 3 is 2.36 bits per heavy atom. The van der Waals surface area contributed by atoms with Gasteiger partial charge in [-0.1, -0.05) is 36.4 Å². The van der Waals surface area contributed by atoms with Crippen LogP contribution in [0.15, 0.2) is 66.7 Å². The number of ether oxygens (including phenoxy) is 1. The molecule has 28 heavy (non-hydrogen) atoms. The lowest BCUT2D eigenvalue weighted by molar-refractivity contribution is -0.138. The molecule has 3 aromatic rings. The highest BCUT2D eigenvalue weighted by atomic mass is 19.1. The number of amides is 1. The monoisotopic (exact) mass is 378 g/mol. The van der Waals surface area contributed by atoms with Gasteiger partial charge in [-0.05, 0) is 42.6 Å². The second-order valence-corrected chi connectivity index (χ2v) is 7.03. The number of hydrogen-bond donors (Lipinski definition) is 0. The van der Waals surface area contributed by atoms with E-state index in [0.717, 1.165) is 35.3 Å². The number of rotatable bonds is 4. The van der Waals surface area contributed by atoms with Crippen LogP contribution in [-0.4, -0.2) is 43.1 Å². The average molecular weight is 378 g/mol. The van der Waals surface area contributed by atoms with E-state index in [1.165, 1.54) is 12.1 Å². The van der Waals surface area contributed by atoms with Crippen molar-refractivity contribution in [3.05, 3.63) is 72.5 Å². The Kier molecular flexibility index (Phi) is 5.15. The molecule has 1 fully saturated rings. The van der Waals surface area contributed by atoms with E-state index in [1.54, 1.807) is 19.1 Å². The second kappa shape index (κ2) is 7.89. The molecule has 1 saturated heterocycles. The molecule has 1 unspecified atom stereocenters. The quantitative estimate of drug-likeness (QED) is 0.685. The molecule has 0 aromatic heterocycles. The maximum Gasteiger partial charge on any atom is 0.263 e. The highest BCUT2D eigenvalue weighted by Gasteiger charge is 2.26. The lowest BCUT2D eigenvalue weighted by atomic mass is 10.1. The standard InChI is InChI=1S/C23H23FN2O2/c1-17(28-22-8-4-6-18-5-2-3-7-21(18)22)23(27)26-15-13-25(14-16-26)20-11-9-19(24)10-12-20/h2-12,17H,13-16H2,1H3. The second-order valence-electron chi connectivity index (χ2n) is 7.03. The first kappa shape index (κ1) is 18.3. The van der Waals surface area contributed by atoms with Gasteiger partial charge in [-0.2, -0.15) is 0 Å². The number of anilines is 1. The lowest BCUT2D eigenvalue weighted by Crippen LogP contribution is -2.52. The van der Waals surface area contributed by atoms with E-state index >= 15 is 0 Å². The fourth-order valence-corrected chi connectivity index (χ4v) is 3.63. The Bertz CT molecular complexity index is 961. The predicted octanol–water partition coefficient (Wildman–Crippen LogP) is 4.10. The molecule has 4 nitrogen and oxygen atoms in total. The fraction of sp³-hybridized carbons (Fsp3) is 0.261. The molecule has 0 aliphatic carbocycles. The van der Waals surface area contributed by atoms with E-state index in [9.17, 15) is 9.18 Å². The van der Waals surface area contributed by atoms with Crippen molar-refractivity contribution in [1.82, 2.24) is 4.90 Å². The van der Waals surface area contributed by atoms with Gasteiger partial charge in [0.2, 0.25) is 0 Å². The number of nitrogens with zero attached hydrogens (tertiary/aromatic N) is 2. The molecule has 1 amide bonds. The molecule has 1 heterocycles. The van der Waals surface area contributed by atoms with Crippen LogP contribution in [0.4, 0.5) is 10.1 Å². The van der Waals surface area contributed by atoms with Crippen LogP contribution in [0.1, 0.15) is 6.92 Å². The van der Waals surface area contributed by atoms with Gasteiger partial charge in [-0.25, -0.2) is 4.39 Å². The topological polar surface area (TPSA) is 32.8 Å². The summed E-state index contributed by atoms with van der Waals surface area (Å²) in [5.74, 6) is 0.479. The molecular weight excluding hydrogens is 355 g/mol. The van der Waals surface area contributed by atoms with Gasteiger partial charge in [0.1, 0.15) is 11.6 Å². The lowest BCUT2D eigenvalue weighted by Gasteiger charge is -2.37. The molecule has 5 heteroatoms. The number of carbonyl (C=O) groups excluding carboxylic acids is 1. The molecule has 0 spiro atoms. The highest BCUT2D eigenvalue weighted by molar-refractivity contribution is 5.89. The molecule has 144 valence electrons. The molecule has 0 saturated carbocycles. The SMILES string of the molecule is CC(Oc1cccc2ccccc12)C(=O)N1CCN(c2ccc(F)cc2)CC1. The summed E-state index contributed by atoms with van der Waals surface area (Å²) < 4.78 is 19.1. The van der Waals surface area contributed by atoms with Gasteiger partial charge >= 0.3 is 0 Å². The molecule has 0 radical (unpaired) electrons. The Balaban J connectivity index is 1.39. The maximum atomic E-state index is 13.1. The van der Waals surface area contributed by atoms with Crippen molar-refractivity contribution in [2.45, 2.75) is 13.0 Å². The maximum absolute atomic E-state index is 13.1. The zero-order chi connectivity index (χ0) is 19.5. The summed E-state index contributed by atoms with van der Waals surface area (Å²) in [6.45, 7) is 4.49. The summed E-state index contributed by atoms with van der Waals surface area (Å²) in [5, 5.41) is 2.10.